The smallest absolute Gasteiger partial charge is 0.272 e. The Morgan fingerprint density at radius 2 is 1.56 bits per heavy atom. The summed E-state index contributed by atoms with van der Waals surface area (Å²) >= 11 is 1.39. The number of aryl methyl sites for hydroxylation is 2. The zero-order valence-electron chi connectivity index (χ0n) is 24.4. The van der Waals surface area contributed by atoms with Crippen LogP contribution in [0.15, 0.2) is 102 Å². The molecule has 4 rings (SSSR count). The highest BCUT2D eigenvalue weighted by atomic mass is 32.2. The summed E-state index contributed by atoms with van der Waals surface area (Å²) in [6.45, 7) is 3.97. The minimum absolute atomic E-state index is 0.0157. The second kappa shape index (κ2) is 14.7. The van der Waals surface area contributed by atoms with Gasteiger partial charge in [0.25, 0.3) is 11.8 Å². The van der Waals surface area contributed by atoms with E-state index in [-0.39, 0.29) is 17.4 Å². The van der Waals surface area contributed by atoms with E-state index in [4.69, 9.17) is 9.47 Å². The Hall–Kier alpha value is -5.02. The molecule has 0 aliphatic heterocycles. The van der Waals surface area contributed by atoms with Crippen LogP contribution in [0.2, 0.25) is 0 Å². The summed E-state index contributed by atoms with van der Waals surface area (Å²) < 4.78 is 10.8. The summed E-state index contributed by atoms with van der Waals surface area (Å²) in [5, 5.41) is 8.51. The quantitative estimate of drug-likeness (QED) is 0.136. The minimum Gasteiger partial charge on any atom is -0.497 e. The molecule has 0 fully saturated rings. The summed E-state index contributed by atoms with van der Waals surface area (Å²) in [7, 11) is 3.06. The minimum atomic E-state index is -0.526. The third-order valence-corrected chi connectivity index (χ3v) is 7.42. The number of thioether (sulfide) groups is 1. The number of nitrogens with one attached hydrogen (secondary N) is 3. The standard InChI is InChI=1S/C34H33N3O5S/c1-22-10-16-29(23(2)18-22)36-32(38)21-43-28-14-11-26(12-15-28)35-34(40)30(37-33(39)24-8-6-5-7-9-24)20-25-19-27(41-3)13-17-31(25)42-4/h5-20H,21H2,1-4H3,(H,35,40)(H,36,38)(H,37,39)/b30-20-. The number of carbonyl (C=O) groups excluding carboxylic acids is 3. The van der Waals surface area contributed by atoms with E-state index in [1.807, 2.05) is 44.2 Å². The zero-order chi connectivity index (χ0) is 30.8. The van der Waals surface area contributed by atoms with E-state index in [0.717, 1.165) is 21.7 Å². The Bertz CT molecular complexity index is 1640. The molecule has 0 unspecified atom stereocenters. The molecule has 3 amide bonds. The molecule has 4 aromatic rings. The molecule has 0 spiro atoms. The van der Waals surface area contributed by atoms with Gasteiger partial charge in [-0.1, -0.05) is 35.9 Å². The first-order chi connectivity index (χ1) is 20.7. The maximum Gasteiger partial charge on any atom is 0.272 e. The molecule has 220 valence electrons. The lowest BCUT2D eigenvalue weighted by Gasteiger charge is -2.13. The summed E-state index contributed by atoms with van der Waals surface area (Å²) in [6.07, 6.45) is 1.54. The molecule has 0 aliphatic rings. The summed E-state index contributed by atoms with van der Waals surface area (Å²) in [5.74, 6) is 0.239. The first-order valence-electron chi connectivity index (χ1n) is 13.5. The van der Waals surface area contributed by atoms with Crippen molar-refractivity contribution in [2.45, 2.75) is 18.7 Å². The Balaban J connectivity index is 1.46. The Morgan fingerprint density at radius 1 is 0.814 bits per heavy atom. The lowest BCUT2D eigenvalue weighted by Crippen LogP contribution is -2.30. The lowest BCUT2D eigenvalue weighted by atomic mass is 10.1. The topological polar surface area (TPSA) is 106 Å². The predicted molar refractivity (Wildman–Crippen MR) is 172 cm³/mol. The number of rotatable bonds is 11. The van der Waals surface area contributed by atoms with Crippen LogP contribution < -0.4 is 25.4 Å². The molecule has 0 radical (unpaired) electrons. The van der Waals surface area contributed by atoms with Crippen LogP contribution in [0.4, 0.5) is 11.4 Å². The normalized spacial score (nSPS) is 10.9. The van der Waals surface area contributed by atoms with Gasteiger partial charge in [-0.05, 0) is 86.2 Å². The van der Waals surface area contributed by atoms with Gasteiger partial charge in [-0.3, -0.25) is 14.4 Å². The van der Waals surface area contributed by atoms with E-state index >= 15 is 0 Å². The SMILES string of the molecule is COc1ccc(OC)c(/C=C(\NC(=O)c2ccccc2)C(=O)Nc2ccc(SCC(=O)Nc3ccc(C)cc3C)cc2)c1. The number of hydrogen-bond acceptors (Lipinski definition) is 6. The summed E-state index contributed by atoms with van der Waals surface area (Å²) in [6, 6.07) is 26.8. The number of benzene rings is 4. The van der Waals surface area contributed by atoms with Gasteiger partial charge in [0.15, 0.2) is 0 Å². The van der Waals surface area contributed by atoms with Gasteiger partial charge in [-0.25, -0.2) is 0 Å². The van der Waals surface area contributed by atoms with Gasteiger partial charge in [0.05, 0.1) is 20.0 Å². The fourth-order valence-corrected chi connectivity index (χ4v) is 4.87. The number of methoxy groups -OCH3 is 2. The van der Waals surface area contributed by atoms with E-state index < -0.39 is 11.8 Å². The van der Waals surface area contributed by atoms with Gasteiger partial charge < -0.3 is 25.4 Å². The number of carbonyl (C=O) groups is 3. The van der Waals surface area contributed by atoms with E-state index in [9.17, 15) is 14.4 Å². The largest absolute Gasteiger partial charge is 0.497 e. The van der Waals surface area contributed by atoms with Gasteiger partial charge in [-0.15, -0.1) is 11.8 Å². The monoisotopic (exact) mass is 595 g/mol. The van der Waals surface area contributed by atoms with E-state index in [1.165, 1.54) is 24.9 Å². The van der Waals surface area contributed by atoms with Crippen molar-refractivity contribution in [3.05, 3.63) is 119 Å². The molecule has 0 saturated heterocycles. The van der Waals surface area contributed by atoms with Crippen LogP contribution >= 0.6 is 11.8 Å². The molecular weight excluding hydrogens is 562 g/mol. The van der Waals surface area contributed by atoms with Crippen LogP contribution in [-0.2, 0) is 9.59 Å². The van der Waals surface area contributed by atoms with Crippen molar-refractivity contribution in [2.75, 3.05) is 30.6 Å². The van der Waals surface area contributed by atoms with Crippen LogP contribution in [0.1, 0.15) is 27.0 Å². The number of amides is 3. The maximum absolute atomic E-state index is 13.4. The molecule has 3 N–H and O–H groups in total. The van der Waals surface area contributed by atoms with Crippen LogP contribution in [0.3, 0.4) is 0 Å². The molecule has 0 aliphatic carbocycles. The lowest BCUT2D eigenvalue weighted by molar-refractivity contribution is -0.114. The van der Waals surface area contributed by atoms with Crippen molar-refractivity contribution in [1.29, 1.82) is 0 Å². The van der Waals surface area contributed by atoms with E-state index in [1.54, 1.807) is 67.8 Å². The van der Waals surface area contributed by atoms with Crippen molar-refractivity contribution in [1.82, 2.24) is 5.32 Å². The first kappa shape index (κ1) is 30.9. The maximum atomic E-state index is 13.4. The molecule has 0 bridgehead atoms. The Morgan fingerprint density at radius 3 is 2.23 bits per heavy atom. The highest BCUT2D eigenvalue weighted by molar-refractivity contribution is 8.00. The number of hydrogen-bond donors (Lipinski definition) is 3. The van der Waals surface area contributed by atoms with Crippen molar-refractivity contribution in [2.24, 2.45) is 0 Å². The molecule has 8 nitrogen and oxygen atoms in total. The van der Waals surface area contributed by atoms with Gasteiger partial charge in [-0.2, -0.15) is 0 Å². The van der Waals surface area contributed by atoms with Gasteiger partial charge in [0.1, 0.15) is 17.2 Å². The molecular formula is C34H33N3O5S. The van der Waals surface area contributed by atoms with Crippen LogP contribution in [0.5, 0.6) is 11.5 Å². The second-order valence-electron chi connectivity index (χ2n) is 9.62. The Labute approximate surface area is 255 Å². The molecule has 4 aromatic carbocycles. The van der Waals surface area contributed by atoms with Crippen molar-refractivity contribution >= 4 is 46.9 Å². The van der Waals surface area contributed by atoms with Crippen molar-refractivity contribution in [3.63, 3.8) is 0 Å². The average molecular weight is 596 g/mol. The van der Waals surface area contributed by atoms with E-state index in [0.29, 0.717) is 28.3 Å². The predicted octanol–water partition coefficient (Wildman–Crippen LogP) is 6.46. The second-order valence-corrected chi connectivity index (χ2v) is 10.7. The fraction of sp³-hybridized carbons (Fsp3) is 0.147. The summed E-state index contributed by atoms with van der Waals surface area (Å²) in [4.78, 5) is 39.8. The van der Waals surface area contributed by atoms with Crippen LogP contribution in [0, 0.1) is 13.8 Å². The molecule has 43 heavy (non-hydrogen) atoms. The summed E-state index contributed by atoms with van der Waals surface area (Å²) in [5.41, 5.74) is 4.43. The van der Waals surface area contributed by atoms with Gasteiger partial charge >= 0.3 is 0 Å². The fourth-order valence-electron chi connectivity index (χ4n) is 4.17. The van der Waals surface area contributed by atoms with Crippen molar-refractivity contribution in [3.8, 4) is 11.5 Å². The van der Waals surface area contributed by atoms with E-state index in [2.05, 4.69) is 16.0 Å². The first-order valence-corrected chi connectivity index (χ1v) is 14.5. The van der Waals surface area contributed by atoms with Crippen LogP contribution in [0.25, 0.3) is 6.08 Å². The molecule has 0 atom stereocenters. The van der Waals surface area contributed by atoms with Crippen molar-refractivity contribution < 1.29 is 23.9 Å². The van der Waals surface area contributed by atoms with Crippen LogP contribution in [-0.4, -0.2) is 37.7 Å². The number of ether oxygens (including phenoxy) is 2. The highest BCUT2D eigenvalue weighted by Gasteiger charge is 2.17. The zero-order valence-corrected chi connectivity index (χ0v) is 25.2. The van der Waals surface area contributed by atoms with Gasteiger partial charge in [0, 0.05) is 27.4 Å². The Kier molecular flexibility index (Phi) is 10.6. The third-order valence-electron chi connectivity index (χ3n) is 6.40. The molecule has 0 aromatic heterocycles. The average Bonchev–Trinajstić information content (AvgIpc) is 3.02. The molecule has 9 heteroatoms. The number of anilines is 2. The van der Waals surface area contributed by atoms with Gasteiger partial charge in [0.2, 0.25) is 5.91 Å². The highest BCUT2D eigenvalue weighted by Crippen LogP contribution is 2.27. The molecule has 0 heterocycles. The molecule has 0 saturated carbocycles. The third kappa shape index (κ3) is 8.73.